The van der Waals surface area contributed by atoms with Crippen LogP contribution in [0.2, 0.25) is 0 Å². The fourth-order valence-corrected chi connectivity index (χ4v) is 2.17. The number of hydrogen-bond acceptors (Lipinski definition) is 3. The highest BCUT2D eigenvalue weighted by Gasteiger charge is 2.25. The quantitative estimate of drug-likeness (QED) is 0.722. The van der Waals surface area contributed by atoms with Gasteiger partial charge in [-0.3, -0.25) is 4.79 Å². The molecule has 1 heterocycles. The normalized spacial score (nSPS) is 22.3. The van der Waals surface area contributed by atoms with Crippen LogP contribution in [-0.4, -0.2) is 55.0 Å². The van der Waals surface area contributed by atoms with Crippen LogP contribution in [0.4, 0.5) is 0 Å². The van der Waals surface area contributed by atoms with Gasteiger partial charge in [-0.2, -0.15) is 0 Å². The first-order chi connectivity index (χ1) is 7.04. The molecular formula is C11H23N3O. The first-order valence-corrected chi connectivity index (χ1v) is 5.72. The predicted octanol–water partition coefficient (Wildman–Crippen LogP) is 0.134. The van der Waals surface area contributed by atoms with Gasteiger partial charge in [0, 0.05) is 19.1 Å². The lowest BCUT2D eigenvalue weighted by atomic mass is 10.1. The molecule has 15 heavy (non-hydrogen) atoms. The summed E-state index contributed by atoms with van der Waals surface area (Å²) >= 11 is 0. The molecule has 1 rings (SSSR count). The van der Waals surface area contributed by atoms with E-state index < -0.39 is 0 Å². The lowest BCUT2D eigenvalue weighted by Gasteiger charge is -2.29. The third-order valence-corrected chi connectivity index (χ3v) is 3.06. The second-order valence-corrected chi connectivity index (χ2v) is 4.76. The summed E-state index contributed by atoms with van der Waals surface area (Å²) in [5.41, 5.74) is 5.41. The Morgan fingerprint density at radius 2 is 2.27 bits per heavy atom. The Morgan fingerprint density at radius 3 is 2.67 bits per heavy atom. The summed E-state index contributed by atoms with van der Waals surface area (Å²) in [6, 6.07) is 0.256. The lowest BCUT2D eigenvalue weighted by Crippen LogP contribution is -2.43. The maximum atomic E-state index is 11.6. The van der Waals surface area contributed by atoms with E-state index >= 15 is 0 Å². The summed E-state index contributed by atoms with van der Waals surface area (Å²) < 4.78 is 0. The molecule has 4 nitrogen and oxygen atoms in total. The van der Waals surface area contributed by atoms with E-state index in [2.05, 4.69) is 11.9 Å². The van der Waals surface area contributed by atoms with Crippen LogP contribution in [0.1, 0.15) is 20.3 Å². The Morgan fingerprint density at radius 1 is 1.60 bits per heavy atom. The number of likely N-dealkylation sites (tertiary alicyclic amines) is 1. The number of nitrogens with zero attached hydrogens (tertiary/aromatic N) is 2. The van der Waals surface area contributed by atoms with Gasteiger partial charge in [-0.1, -0.05) is 0 Å². The van der Waals surface area contributed by atoms with Crippen LogP contribution in [0.5, 0.6) is 0 Å². The van der Waals surface area contributed by atoms with Gasteiger partial charge in [-0.05, 0) is 39.8 Å². The second kappa shape index (κ2) is 5.47. The Kier molecular flexibility index (Phi) is 4.54. The number of carbonyl (C=O) groups is 1. The Bertz CT molecular complexity index is 218. The molecule has 1 aliphatic rings. The van der Waals surface area contributed by atoms with E-state index in [-0.39, 0.29) is 18.5 Å². The van der Waals surface area contributed by atoms with E-state index in [1.54, 1.807) is 0 Å². The SMILES string of the molecule is CC(C)N(C[C@H]1CCN(C)C1)C(=O)CN. The van der Waals surface area contributed by atoms with E-state index in [9.17, 15) is 4.79 Å². The predicted molar refractivity (Wildman–Crippen MR) is 61.5 cm³/mol. The first-order valence-electron chi connectivity index (χ1n) is 5.72. The van der Waals surface area contributed by atoms with E-state index in [4.69, 9.17) is 5.73 Å². The summed E-state index contributed by atoms with van der Waals surface area (Å²) in [4.78, 5) is 15.8. The molecular weight excluding hydrogens is 190 g/mol. The van der Waals surface area contributed by atoms with Crippen molar-refractivity contribution >= 4 is 5.91 Å². The van der Waals surface area contributed by atoms with Crippen LogP contribution in [0.25, 0.3) is 0 Å². The second-order valence-electron chi connectivity index (χ2n) is 4.76. The fraction of sp³-hybridized carbons (Fsp3) is 0.909. The van der Waals surface area contributed by atoms with Crippen LogP contribution < -0.4 is 5.73 Å². The molecule has 0 aromatic heterocycles. The smallest absolute Gasteiger partial charge is 0.236 e. The monoisotopic (exact) mass is 213 g/mol. The summed E-state index contributed by atoms with van der Waals surface area (Å²) in [6.45, 7) is 7.33. The van der Waals surface area contributed by atoms with Crippen molar-refractivity contribution in [3.8, 4) is 0 Å². The number of nitrogens with two attached hydrogens (primary N) is 1. The van der Waals surface area contributed by atoms with E-state index in [0.29, 0.717) is 5.92 Å². The zero-order valence-electron chi connectivity index (χ0n) is 10.1. The largest absolute Gasteiger partial charge is 0.339 e. The van der Waals surface area contributed by atoms with Crippen molar-refractivity contribution in [2.75, 3.05) is 33.2 Å². The molecule has 2 N–H and O–H groups in total. The standard InChI is InChI=1S/C11H23N3O/c1-9(2)14(11(15)6-12)8-10-4-5-13(3)7-10/h9-10H,4-8,12H2,1-3H3/t10-/m0/s1. The van der Waals surface area contributed by atoms with Crippen LogP contribution in [0, 0.1) is 5.92 Å². The van der Waals surface area contributed by atoms with Gasteiger partial charge in [0.1, 0.15) is 0 Å². The number of hydrogen-bond donors (Lipinski definition) is 1. The molecule has 0 aromatic rings. The van der Waals surface area contributed by atoms with Gasteiger partial charge in [-0.25, -0.2) is 0 Å². The molecule has 0 unspecified atom stereocenters. The van der Waals surface area contributed by atoms with Crippen LogP contribution in [0.15, 0.2) is 0 Å². The zero-order chi connectivity index (χ0) is 11.4. The van der Waals surface area contributed by atoms with Gasteiger partial charge in [0.2, 0.25) is 5.91 Å². The Hall–Kier alpha value is -0.610. The minimum atomic E-state index is 0.0690. The maximum Gasteiger partial charge on any atom is 0.236 e. The van der Waals surface area contributed by atoms with E-state index in [1.807, 2.05) is 18.7 Å². The van der Waals surface area contributed by atoms with Crippen LogP contribution >= 0.6 is 0 Å². The number of amides is 1. The molecule has 1 atom stereocenters. The molecule has 0 aromatic carbocycles. The molecule has 4 heteroatoms. The van der Waals surface area contributed by atoms with Crippen molar-refractivity contribution in [1.29, 1.82) is 0 Å². The summed E-state index contributed by atoms with van der Waals surface area (Å²) in [5.74, 6) is 0.687. The molecule has 1 amide bonds. The highest BCUT2D eigenvalue weighted by atomic mass is 16.2. The third-order valence-electron chi connectivity index (χ3n) is 3.06. The molecule has 1 aliphatic heterocycles. The molecule has 88 valence electrons. The van der Waals surface area contributed by atoms with Gasteiger partial charge < -0.3 is 15.5 Å². The van der Waals surface area contributed by atoms with Gasteiger partial charge in [0.15, 0.2) is 0 Å². The van der Waals surface area contributed by atoms with Gasteiger partial charge in [0.25, 0.3) is 0 Å². The number of rotatable bonds is 4. The summed E-state index contributed by atoms with van der Waals surface area (Å²) in [5, 5.41) is 0. The highest BCUT2D eigenvalue weighted by molar-refractivity contribution is 5.78. The lowest BCUT2D eigenvalue weighted by molar-refractivity contribution is -0.132. The maximum absolute atomic E-state index is 11.6. The molecule has 0 bridgehead atoms. The number of carbonyl (C=O) groups excluding carboxylic acids is 1. The average Bonchev–Trinajstić information content (AvgIpc) is 2.59. The van der Waals surface area contributed by atoms with Gasteiger partial charge >= 0.3 is 0 Å². The van der Waals surface area contributed by atoms with Gasteiger partial charge in [-0.15, -0.1) is 0 Å². The fourth-order valence-electron chi connectivity index (χ4n) is 2.17. The van der Waals surface area contributed by atoms with Crippen molar-refractivity contribution in [2.24, 2.45) is 11.7 Å². The summed E-state index contributed by atoms with van der Waals surface area (Å²) in [7, 11) is 2.13. The minimum absolute atomic E-state index is 0.0690. The average molecular weight is 213 g/mol. The molecule has 0 aliphatic carbocycles. The molecule has 0 radical (unpaired) electrons. The zero-order valence-corrected chi connectivity index (χ0v) is 10.1. The Labute approximate surface area is 92.4 Å². The topological polar surface area (TPSA) is 49.6 Å². The molecule has 0 spiro atoms. The summed E-state index contributed by atoms with van der Waals surface area (Å²) in [6.07, 6.45) is 1.19. The molecule has 0 saturated carbocycles. The first kappa shape index (κ1) is 12.5. The third kappa shape index (κ3) is 3.47. The van der Waals surface area contributed by atoms with Crippen molar-refractivity contribution in [2.45, 2.75) is 26.3 Å². The van der Waals surface area contributed by atoms with Crippen molar-refractivity contribution in [3.63, 3.8) is 0 Å². The van der Waals surface area contributed by atoms with E-state index in [1.165, 1.54) is 6.42 Å². The van der Waals surface area contributed by atoms with Crippen molar-refractivity contribution in [3.05, 3.63) is 0 Å². The Balaban J connectivity index is 2.48. The van der Waals surface area contributed by atoms with E-state index in [0.717, 1.165) is 19.6 Å². The minimum Gasteiger partial charge on any atom is -0.339 e. The molecule has 1 fully saturated rings. The van der Waals surface area contributed by atoms with Crippen LogP contribution in [-0.2, 0) is 4.79 Å². The molecule has 1 saturated heterocycles. The highest BCUT2D eigenvalue weighted by Crippen LogP contribution is 2.16. The van der Waals surface area contributed by atoms with Gasteiger partial charge in [0.05, 0.1) is 6.54 Å². The van der Waals surface area contributed by atoms with Crippen LogP contribution in [0.3, 0.4) is 0 Å². The van der Waals surface area contributed by atoms with Crippen molar-refractivity contribution < 1.29 is 4.79 Å². The van der Waals surface area contributed by atoms with Crippen molar-refractivity contribution in [1.82, 2.24) is 9.80 Å².